The van der Waals surface area contributed by atoms with Crippen LogP contribution in [0.3, 0.4) is 0 Å². The number of carbonyl (C=O) groups excluding carboxylic acids is 2. The van der Waals surface area contributed by atoms with Crippen molar-refractivity contribution in [1.82, 2.24) is 10.2 Å². The molecular formula is C31H39N3O4S. The molecule has 3 rings (SSSR count). The Labute approximate surface area is 232 Å². The van der Waals surface area contributed by atoms with Crippen molar-refractivity contribution in [2.45, 2.75) is 64.9 Å². The molecule has 0 aliphatic carbocycles. The molecule has 0 aromatic heterocycles. The maximum absolute atomic E-state index is 14.1. The molecule has 0 spiro atoms. The van der Waals surface area contributed by atoms with Crippen molar-refractivity contribution in [2.24, 2.45) is 0 Å². The lowest BCUT2D eigenvalue weighted by molar-refractivity contribution is -0.140. The zero-order valence-electron chi connectivity index (χ0n) is 23.5. The van der Waals surface area contributed by atoms with E-state index in [0.717, 1.165) is 33.0 Å². The Bertz CT molecular complexity index is 1390. The highest BCUT2D eigenvalue weighted by Gasteiger charge is 2.33. The zero-order valence-corrected chi connectivity index (χ0v) is 24.3. The molecule has 39 heavy (non-hydrogen) atoms. The summed E-state index contributed by atoms with van der Waals surface area (Å²) in [5, 5.41) is 2.91. The van der Waals surface area contributed by atoms with Gasteiger partial charge in [0.2, 0.25) is 11.8 Å². The van der Waals surface area contributed by atoms with Gasteiger partial charge in [0, 0.05) is 13.1 Å². The molecule has 0 radical (unpaired) electrons. The van der Waals surface area contributed by atoms with Gasteiger partial charge >= 0.3 is 0 Å². The number of nitrogens with zero attached hydrogens (tertiary/aromatic N) is 2. The normalized spacial score (nSPS) is 12.0. The summed E-state index contributed by atoms with van der Waals surface area (Å²) < 4.78 is 28.9. The summed E-state index contributed by atoms with van der Waals surface area (Å²) in [5.74, 6) is -0.697. The highest BCUT2D eigenvalue weighted by Crippen LogP contribution is 2.26. The monoisotopic (exact) mass is 549 g/mol. The summed E-state index contributed by atoms with van der Waals surface area (Å²) in [4.78, 5) is 28.8. The predicted octanol–water partition coefficient (Wildman–Crippen LogP) is 5.14. The molecule has 1 atom stereocenters. The number of nitrogens with one attached hydrogen (secondary N) is 1. The Morgan fingerprint density at radius 2 is 1.59 bits per heavy atom. The highest BCUT2D eigenvalue weighted by atomic mass is 32.2. The van der Waals surface area contributed by atoms with Crippen molar-refractivity contribution in [3.05, 3.63) is 95.1 Å². The fourth-order valence-corrected chi connectivity index (χ4v) is 5.85. The Balaban J connectivity index is 2.06. The van der Waals surface area contributed by atoms with Crippen LogP contribution in [-0.4, -0.2) is 44.3 Å². The molecule has 0 bridgehead atoms. The fraction of sp³-hybridized carbons (Fsp3) is 0.355. The lowest BCUT2D eigenvalue weighted by atomic mass is 10.1. The topological polar surface area (TPSA) is 86.8 Å². The summed E-state index contributed by atoms with van der Waals surface area (Å²) >= 11 is 0. The highest BCUT2D eigenvalue weighted by molar-refractivity contribution is 7.92. The maximum atomic E-state index is 14.1. The molecule has 0 aliphatic rings. The molecule has 0 saturated heterocycles. The zero-order chi connectivity index (χ0) is 28.6. The number of aryl methyl sites for hydroxylation is 3. The van der Waals surface area contributed by atoms with Crippen LogP contribution < -0.4 is 9.62 Å². The average molecular weight is 550 g/mol. The van der Waals surface area contributed by atoms with E-state index in [-0.39, 0.29) is 17.3 Å². The molecule has 0 heterocycles. The van der Waals surface area contributed by atoms with Crippen LogP contribution in [0.5, 0.6) is 0 Å². The van der Waals surface area contributed by atoms with E-state index in [1.54, 1.807) is 30.3 Å². The molecule has 1 N–H and O–H groups in total. The third-order valence-corrected chi connectivity index (χ3v) is 8.55. The summed E-state index contributed by atoms with van der Waals surface area (Å²) in [7, 11) is -4.07. The van der Waals surface area contributed by atoms with Crippen LogP contribution in [0.2, 0.25) is 0 Å². The van der Waals surface area contributed by atoms with Gasteiger partial charge in [-0.1, -0.05) is 67.9 Å². The lowest BCUT2D eigenvalue weighted by Crippen LogP contribution is -2.52. The molecule has 208 valence electrons. The summed E-state index contributed by atoms with van der Waals surface area (Å²) in [6.45, 7) is 9.89. The van der Waals surface area contributed by atoms with E-state index in [1.165, 1.54) is 17.0 Å². The van der Waals surface area contributed by atoms with Crippen molar-refractivity contribution < 1.29 is 18.0 Å². The van der Waals surface area contributed by atoms with E-state index in [2.05, 4.69) is 5.32 Å². The van der Waals surface area contributed by atoms with Gasteiger partial charge in [0.15, 0.2) is 0 Å². The predicted molar refractivity (Wildman–Crippen MR) is 156 cm³/mol. The fourth-order valence-electron chi connectivity index (χ4n) is 4.42. The molecule has 0 unspecified atom stereocenters. The van der Waals surface area contributed by atoms with Crippen LogP contribution in [-0.2, 0) is 26.2 Å². The van der Waals surface area contributed by atoms with Crippen molar-refractivity contribution in [2.75, 3.05) is 17.4 Å². The van der Waals surface area contributed by atoms with E-state index in [9.17, 15) is 18.0 Å². The number of rotatable bonds is 12. The summed E-state index contributed by atoms with van der Waals surface area (Å²) in [6, 6.07) is 20.4. The maximum Gasteiger partial charge on any atom is 0.264 e. The van der Waals surface area contributed by atoms with Crippen LogP contribution in [0.1, 0.15) is 48.9 Å². The summed E-state index contributed by atoms with van der Waals surface area (Å²) in [5.41, 5.74) is 4.23. The van der Waals surface area contributed by atoms with Gasteiger partial charge in [-0.2, -0.15) is 0 Å². The molecule has 0 saturated carbocycles. The van der Waals surface area contributed by atoms with E-state index in [4.69, 9.17) is 0 Å². The second-order valence-corrected chi connectivity index (χ2v) is 11.7. The number of hydrogen-bond donors (Lipinski definition) is 1. The molecule has 0 aliphatic heterocycles. The minimum absolute atomic E-state index is 0.0917. The van der Waals surface area contributed by atoms with E-state index in [0.29, 0.717) is 18.7 Å². The minimum atomic E-state index is -4.07. The Kier molecular flexibility index (Phi) is 10.3. The number of carbonyl (C=O) groups is 2. The minimum Gasteiger partial charge on any atom is -0.354 e. The van der Waals surface area contributed by atoms with Crippen LogP contribution in [0.15, 0.2) is 77.7 Å². The van der Waals surface area contributed by atoms with Crippen molar-refractivity contribution in [3.63, 3.8) is 0 Å². The Morgan fingerprint density at radius 3 is 2.21 bits per heavy atom. The van der Waals surface area contributed by atoms with Gasteiger partial charge < -0.3 is 10.2 Å². The lowest BCUT2D eigenvalue weighted by Gasteiger charge is -2.33. The molecule has 7 nitrogen and oxygen atoms in total. The van der Waals surface area contributed by atoms with Crippen molar-refractivity contribution >= 4 is 27.5 Å². The smallest absolute Gasteiger partial charge is 0.264 e. The van der Waals surface area contributed by atoms with Crippen LogP contribution in [0, 0.1) is 20.8 Å². The first-order valence-electron chi connectivity index (χ1n) is 13.4. The van der Waals surface area contributed by atoms with Gasteiger partial charge in [-0.05, 0) is 74.6 Å². The largest absolute Gasteiger partial charge is 0.354 e. The summed E-state index contributed by atoms with van der Waals surface area (Å²) in [6.07, 6.45) is 1.16. The molecular weight excluding hydrogens is 510 g/mol. The van der Waals surface area contributed by atoms with Crippen LogP contribution >= 0.6 is 0 Å². The van der Waals surface area contributed by atoms with Gasteiger partial charge in [-0.25, -0.2) is 8.42 Å². The van der Waals surface area contributed by atoms with E-state index in [1.807, 2.05) is 65.0 Å². The first-order chi connectivity index (χ1) is 18.6. The Hall–Kier alpha value is -3.65. The van der Waals surface area contributed by atoms with Gasteiger partial charge in [-0.15, -0.1) is 0 Å². The van der Waals surface area contributed by atoms with Gasteiger partial charge in [-0.3, -0.25) is 13.9 Å². The molecule has 2 amide bonds. The number of benzene rings is 3. The molecule has 3 aromatic carbocycles. The number of amides is 2. The van der Waals surface area contributed by atoms with E-state index >= 15 is 0 Å². The standard InChI is InChI=1S/C31H39N3O4S/c1-6-18-32-31(36)29(7-2)33(21-26-13-11-12-23(3)19-26)30(35)22-34(27-17-16-24(4)25(5)20-27)39(37,38)28-14-9-8-10-15-28/h8-17,19-20,29H,6-7,18,21-22H2,1-5H3,(H,32,36)/t29-/m0/s1. The molecule has 0 fully saturated rings. The number of anilines is 1. The third kappa shape index (κ3) is 7.47. The SMILES string of the molecule is CCCNC(=O)[C@H](CC)N(Cc1cccc(C)c1)C(=O)CN(c1ccc(C)c(C)c1)S(=O)(=O)c1ccccc1. The van der Waals surface area contributed by atoms with Crippen molar-refractivity contribution in [1.29, 1.82) is 0 Å². The van der Waals surface area contributed by atoms with E-state index < -0.39 is 28.5 Å². The quantitative estimate of drug-likeness (QED) is 0.339. The third-order valence-electron chi connectivity index (χ3n) is 6.76. The van der Waals surface area contributed by atoms with Crippen molar-refractivity contribution in [3.8, 4) is 0 Å². The Morgan fingerprint density at radius 1 is 0.872 bits per heavy atom. The second-order valence-electron chi connectivity index (χ2n) is 9.82. The van der Waals surface area contributed by atoms with Crippen LogP contribution in [0.25, 0.3) is 0 Å². The van der Waals surface area contributed by atoms with Gasteiger partial charge in [0.05, 0.1) is 10.6 Å². The van der Waals surface area contributed by atoms with Crippen LogP contribution in [0.4, 0.5) is 5.69 Å². The second kappa shape index (κ2) is 13.4. The first kappa shape index (κ1) is 29.9. The number of hydrogen-bond acceptors (Lipinski definition) is 4. The molecule has 8 heteroatoms. The first-order valence-corrected chi connectivity index (χ1v) is 14.8. The number of sulfonamides is 1. The van der Waals surface area contributed by atoms with Gasteiger partial charge in [0.25, 0.3) is 10.0 Å². The average Bonchev–Trinajstić information content (AvgIpc) is 2.92. The van der Waals surface area contributed by atoms with Gasteiger partial charge in [0.1, 0.15) is 12.6 Å². The molecule has 3 aromatic rings.